The summed E-state index contributed by atoms with van der Waals surface area (Å²) in [6, 6.07) is 5.98. The molecule has 1 heterocycles. The lowest BCUT2D eigenvalue weighted by Crippen LogP contribution is -2.54. The van der Waals surface area contributed by atoms with Crippen LogP contribution in [0.15, 0.2) is 30.5 Å². The molecular weight excluding hydrogens is 606 g/mol. The smallest absolute Gasteiger partial charge is 0.243 e. The molecule has 11 heteroatoms. The number of hydrogen-bond donors (Lipinski definition) is 6. The quantitative estimate of drug-likeness (QED) is 0.118. The zero-order chi connectivity index (χ0) is 27.2. The van der Waals surface area contributed by atoms with Crippen LogP contribution >= 0.6 is 30.0 Å². The van der Waals surface area contributed by atoms with E-state index in [0.29, 0.717) is 0 Å². The molecule has 1 fully saturated rings. The lowest BCUT2D eigenvalue weighted by Gasteiger charge is -2.33. The molecule has 1 aliphatic carbocycles. The maximum atomic E-state index is 13.2. The van der Waals surface area contributed by atoms with Crippen molar-refractivity contribution in [3.05, 3.63) is 36.0 Å². The van der Waals surface area contributed by atoms with E-state index in [1.807, 2.05) is 44.3 Å². The van der Waals surface area contributed by atoms with Crippen LogP contribution in [0.25, 0.3) is 10.9 Å². The fraction of sp³-hybridized carbons (Fsp3) is 0.615. The summed E-state index contributed by atoms with van der Waals surface area (Å²) in [5.74, 6) is -1.03. The first-order chi connectivity index (χ1) is 17.4. The summed E-state index contributed by atoms with van der Waals surface area (Å²) in [5.41, 5.74) is 7.78. The highest BCUT2D eigenvalue weighted by Gasteiger charge is 2.37. The molecule has 0 spiro atoms. The Hall–Kier alpha value is -1.46. The van der Waals surface area contributed by atoms with E-state index in [-0.39, 0.29) is 34.6 Å². The highest BCUT2D eigenvalue weighted by Crippen LogP contribution is 2.51. The second-order valence-electron chi connectivity index (χ2n) is 10.7. The summed E-state index contributed by atoms with van der Waals surface area (Å²) in [5, 5.41) is 16.9. The summed E-state index contributed by atoms with van der Waals surface area (Å²) >= 11 is 2.30. The lowest BCUT2D eigenvalue weighted by atomic mass is 9.91. The number of carbonyl (C=O) groups is 2. The third-order valence-electron chi connectivity index (χ3n) is 7.04. The van der Waals surface area contributed by atoms with Gasteiger partial charge in [0.25, 0.3) is 0 Å². The number of aromatic nitrogens is 1. The van der Waals surface area contributed by atoms with E-state index < -0.39 is 37.4 Å². The van der Waals surface area contributed by atoms with E-state index in [9.17, 15) is 24.2 Å². The summed E-state index contributed by atoms with van der Waals surface area (Å²) in [6.45, 7) is 3.47. The molecule has 1 aliphatic rings. The molecule has 0 aliphatic heterocycles. The van der Waals surface area contributed by atoms with Crippen molar-refractivity contribution in [2.45, 2.75) is 74.0 Å². The molecule has 3 unspecified atom stereocenters. The minimum atomic E-state index is -3.59. The van der Waals surface area contributed by atoms with Crippen LogP contribution in [0.4, 0.5) is 0 Å². The number of halogens is 1. The molecule has 206 valence electrons. The van der Waals surface area contributed by atoms with Crippen molar-refractivity contribution in [2.24, 2.45) is 11.7 Å². The molecule has 3 rings (SSSR count). The van der Waals surface area contributed by atoms with E-state index in [0.717, 1.165) is 48.6 Å². The number of nitrogens with one attached hydrogen (secondary N) is 3. The van der Waals surface area contributed by atoms with Gasteiger partial charge in [-0.2, -0.15) is 0 Å². The monoisotopic (exact) mass is 646 g/mol. The van der Waals surface area contributed by atoms with Crippen LogP contribution in [0.3, 0.4) is 0 Å². The minimum absolute atomic E-state index is 0.109. The molecule has 0 radical (unpaired) electrons. The van der Waals surface area contributed by atoms with E-state index in [4.69, 9.17) is 5.73 Å². The second-order valence-corrected chi connectivity index (χ2v) is 15.4. The van der Waals surface area contributed by atoms with Gasteiger partial charge < -0.3 is 31.4 Å². The van der Waals surface area contributed by atoms with Gasteiger partial charge in [0, 0.05) is 39.6 Å². The van der Waals surface area contributed by atoms with Crippen LogP contribution in [0.1, 0.15) is 51.5 Å². The standard InChI is InChI=1S/C26H40IN4O5P/c1-17(2)23(28)25(34)31-22(12-18-13-29-21-9-5-4-8-20(18)21)24(33)30-14-19(32)15-37(35,36)16-26(27)10-6-3-7-11-26/h4-5,8-9,13,17,19,22-23,29,32H,3,6-7,10-12,14-16,28H2,1-2H3,(H,30,33)(H,31,34)(H,35,36). The van der Waals surface area contributed by atoms with Crippen molar-refractivity contribution < 1.29 is 24.2 Å². The van der Waals surface area contributed by atoms with Gasteiger partial charge in [-0.15, -0.1) is 0 Å². The molecule has 1 aromatic carbocycles. The number of carbonyl (C=O) groups excluding carboxylic acids is 2. The van der Waals surface area contributed by atoms with Gasteiger partial charge in [0.1, 0.15) is 6.04 Å². The number of alkyl halides is 1. The van der Waals surface area contributed by atoms with Crippen molar-refractivity contribution in [2.75, 3.05) is 18.9 Å². The Labute approximate surface area is 232 Å². The first-order valence-corrected chi connectivity index (χ1v) is 16.1. The molecular formula is C26H40IN4O5P. The van der Waals surface area contributed by atoms with Crippen LogP contribution in [-0.4, -0.2) is 67.3 Å². The van der Waals surface area contributed by atoms with Gasteiger partial charge in [0.2, 0.25) is 19.2 Å². The Bertz CT molecular complexity index is 1120. The highest BCUT2D eigenvalue weighted by atomic mass is 127. The average molecular weight is 647 g/mol. The van der Waals surface area contributed by atoms with Crippen LogP contribution in [0, 0.1) is 5.92 Å². The first kappa shape index (κ1) is 30.1. The van der Waals surface area contributed by atoms with Crippen LogP contribution in [0.5, 0.6) is 0 Å². The zero-order valence-electron chi connectivity index (χ0n) is 21.6. The molecule has 7 N–H and O–H groups in total. The molecule has 0 bridgehead atoms. The van der Waals surface area contributed by atoms with Crippen molar-refractivity contribution in [3.8, 4) is 0 Å². The number of aliphatic hydroxyl groups is 1. The SMILES string of the molecule is CC(C)C(N)C(=O)NC(Cc1c[nH]c2ccccc12)C(=O)NCC(O)C[P@@](=O)(O)CC1(I)CCCCC1. The number of aromatic amines is 1. The normalized spacial score (nSPS) is 19.6. The molecule has 2 amide bonds. The van der Waals surface area contributed by atoms with Crippen molar-refractivity contribution >= 4 is 52.7 Å². The minimum Gasteiger partial charge on any atom is -0.391 e. The van der Waals surface area contributed by atoms with Crippen molar-refractivity contribution in [3.63, 3.8) is 0 Å². The van der Waals surface area contributed by atoms with Gasteiger partial charge in [-0.05, 0) is 30.4 Å². The predicted molar refractivity (Wildman–Crippen MR) is 155 cm³/mol. The van der Waals surface area contributed by atoms with E-state index in [1.165, 1.54) is 0 Å². The Morgan fingerprint density at radius 1 is 1.19 bits per heavy atom. The summed E-state index contributed by atoms with van der Waals surface area (Å²) in [6.07, 6.45) is 5.78. The van der Waals surface area contributed by atoms with Gasteiger partial charge in [-0.3, -0.25) is 14.2 Å². The maximum Gasteiger partial charge on any atom is 0.243 e. The molecule has 2 aromatic rings. The van der Waals surface area contributed by atoms with Crippen molar-refractivity contribution in [1.29, 1.82) is 0 Å². The zero-order valence-corrected chi connectivity index (χ0v) is 24.6. The number of H-pyrrole nitrogens is 1. The van der Waals surface area contributed by atoms with Gasteiger partial charge >= 0.3 is 0 Å². The number of fused-ring (bicyclic) bond motifs is 1. The Morgan fingerprint density at radius 3 is 2.54 bits per heavy atom. The van der Waals surface area contributed by atoms with Gasteiger partial charge in [0.05, 0.1) is 18.3 Å². The second kappa shape index (κ2) is 13.1. The Kier molecular flexibility index (Phi) is 10.6. The van der Waals surface area contributed by atoms with Gasteiger partial charge in [0.15, 0.2) is 0 Å². The Balaban J connectivity index is 1.64. The van der Waals surface area contributed by atoms with Crippen molar-refractivity contribution in [1.82, 2.24) is 15.6 Å². The van der Waals surface area contributed by atoms with Gasteiger partial charge in [-0.25, -0.2) is 0 Å². The van der Waals surface area contributed by atoms with Crippen LogP contribution < -0.4 is 16.4 Å². The molecule has 0 saturated heterocycles. The third-order valence-corrected chi connectivity index (χ3v) is 11.2. The Morgan fingerprint density at radius 2 is 1.86 bits per heavy atom. The topological polar surface area (TPSA) is 158 Å². The summed E-state index contributed by atoms with van der Waals surface area (Å²) < 4.78 is 12.7. The fourth-order valence-electron chi connectivity index (χ4n) is 4.89. The number of amides is 2. The van der Waals surface area contributed by atoms with Crippen LogP contribution in [0.2, 0.25) is 0 Å². The van der Waals surface area contributed by atoms with Gasteiger partial charge in [-0.1, -0.05) is 73.9 Å². The third kappa shape index (κ3) is 8.78. The largest absolute Gasteiger partial charge is 0.391 e. The molecule has 4 atom stereocenters. The first-order valence-electron chi connectivity index (χ1n) is 13.0. The highest BCUT2D eigenvalue weighted by molar-refractivity contribution is 14.1. The number of benzene rings is 1. The molecule has 1 aromatic heterocycles. The number of nitrogens with two attached hydrogens (primary N) is 1. The molecule has 9 nitrogen and oxygen atoms in total. The number of para-hydroxylation sites is 1. The fourth-order valence-corrected chi connectivity index (χ4v) is 9.37. The van der Waals surface area contributed by atoms with E-state index in [2.05, 4.69) is 38.2 Å². The predicted octanol–water partition coefficient (Wildman–Crippen LogP) is 3.06. The average Bonchev–Trinajstić information content (AvgIpc) is 3.23. The summed E-state index contributed by atoms with van der Waals surface area (Å²) in [7, 11) is -3.59. The van der Waals surface area contributed by atoms with E-state index in [1.54, 1.807) is 0 Å². The number of hydrogen-bond acceptors (Lipinski definition) is 5. The number of aliphatic hydroxyl groups excluding tert-OH is 1. The van der Waals surface area contributed by atoms with Crippen LogP contribution in [-0.2, 0) is 20.6 Å². The molecule has 37 heavy (non-hydrogen) atoms. The number of rotatable bonds is 12. The van der Waals surface area contributed by atoms with E-state index >= 15 is 0 Å². The maximum absolute atomic E-state index is 13.2. The lowest BCUT2D eigenvalue weighted by molar-refractivity contribution is -0.130. The summed E-state index contributed by atoms with van der Waals surface area (Å²) in [4.78, 5) is 39.6. The molecule has 1 saturated carbocycles.